The summed E-state index contributed by atoms with van der Waals surface area (Å²) in [5, 5.41) is 6.72. The zero-order valence-electron chi connectivity index (χ0n) is 17.0. The van der Waals surface area contributed by atoms with Crippen LogP contribution in [-0.4, -0.2) is 39.4 Å². The molecule has 2 rings (SSSR count). The topological polar surface area (TPSA) is 54.9 Å². The molecule has 0 aliphatic heterocycles. The molecule has 28 heavy (non-hydrogen) atoms. The molecule has 0 saturated heterocycles. The second kappa shape index (κ2) is 14.2. The fraction of sp³-hybridized carbons (Fsp3) is 0.409. The van der Waals surface area contributed by atoms with Crippen LogP contribution in [0.15, 0.2) is 53.5 Å². The van der Waals surface area contributed by atoms with E-state index in [4.69, 9.17) is 9.47 Å². The van der Waals surface area contributed by atoms with Gasteiger partial charge in [0, 0.05) is 32.3 Å². The molecule has 0 atom stereocenters. The molecule has 0 aromatic heterocycles. The second-order valence-electron chi connectivity index (χ2n) is 6.24. The highest BCUT2D eigenvalue weighted by molar-refractivity contribution is 14.0. The van der Waals surface area contributed by atoms with Crippen molar-refractivity contribution in [2.45, 2.75) is 26.8 Å². The van der Waals surface area contributed by atoms with Crippen molar-refractivity contribution in [2.75, 3.05) is 33.4 Å². The van der Waals surface area contributed by atoms with E-state index in [1.165, 1.54) is 11.1 Å². The number of ether oxygens (including phenoxy) is 2. The van der Waals surface area contributed by atoms with E-state index in [0.29, 0.717) is 26.4 Å². The number of aliphatic imine (C=N–C) groups is 1. The lowest BCUT2D eigenvalue weighted by Crippen LogP contribution is -2.37. The van der Waals surface area contributed by atoms with Crippen LogP contribution in [0.3, 0.4) is 0 Å². The molecule has 0 saturated carbocycles. The molecule has 0 bridgehead atoms. The number of rotatable bonds is 10. The van der Waals surface area contributed by atoms with Gasteiger partial charge in [0.1, 0.15) is 12.4 Å². The third-order valence-corrected chi connectivity index (χ3v) is 4.13. The van der Waals surface area contributed by atoms with Crippen molar-refractivity contribution in [1.29, 1.82) is 0 Å². The fourth-order valence-corrected chi connectivity index (χ4v) is 2.67. The van der Waals surface area contributed by atoms with Crippen LogP contribution in [0.1, 0.15) is 23.6 Å². The number of nitrogens with zero attached hydrogens (tertiary/aromatic N) is 1. The molecule has 0 aliphatic carbocycles. The molecule has 2 N–H and O–H groups in total. The summed E-state index contributed by atoms with van der Waals surface area (Å²) >= 11 is 0. The molecule has 6 heteroatoms. The number of hydrogen-bond acceptors (Lipinski definition) is 3. The number of aryl methyl sites for hydroxylation is 1. The lowest BCUT2D eigenvalue weighted by atomic mass is 10.1. The van der Waals surface area contributed by atoms with Gasteiger partial charge in [0.2, 0.25) is 0 Å². The molecule has 0 amide bonds. The zero-order chi connectivity index (χ0) is 19.3. The maximum Gasteiger partial charge on any atom is 0.191 e. The van der Waals surface area contributed by atoms with Gasteiger partial charge >= 0.3 is 0 Å². The summed E-state index contributed by atoms with van der Waals surface area (Å²) in [6.45, 7) is 7.38. The molecule has 0 heterocycles. The normalized spacial score (nSPS) is 10.9. The fourth-order valence-electron chi connectivity index (χ4n) is 2.67. The molecule has 2 aromatic rings. The highest BCUT2D eigenvalue weighted by Gasteiger charge is 2.06. The van der Waals surface area contributed by atoms with Crippen LogP contribution < -0.4 is 15.4 Å². The van der Waals surface area contributed by atoms with E-state index in [2.05, 4.69) is 65.0 Å². The first-order valence-corrected chi connectivity index (χ1v) is 9.51. The Hall–Kier alpha value is -1.80. The molecule has 5 nitrogen and oxygen atoms in total. The molecule has 0 unspecified atom stereocenters. The van der Waals surface area contributed by atoms with E-state index in [0.717, 1.165) is 30.2 Å². The van der Waals surface area contributed by atoms with Gasteiger partial charge in [0.25, 0.3) is 0 Å². The van der Waals surface area contributed by atoms with Crippen LogP contribution in [0.2, 0.25) is 0 Å². The Morgan fingerprint density at radius 2 is 1.82 bits per heavy atom. The first kappa shape index (κ1) is 24.2. The largest absolute Gasteiger partial charge is 0.491 e. The average molecular weight is 497 g/mol. The van der Waals surface area contributed by atoms with E-state index < -0.39 is 0 Å². The van der Waals surface area contributed by atoms with Gasteiger partial charge in [-0.15, -0.1) is 24.0 Å². The SMILES string of the molecule is CCOCCOc1cc(C)ccc1CNC(=NC)NCCc1ccccc1.I. The Balaban J connectivity index is 0.00000392. The van der Waals surface area contributed by atoms with Gasteiger partial charge in [0.05, 0.1) is 6.61 Å². The van der Waals surface area contributed by atoms with Crippen molar-refractivity contribution < 1.29 is 9.47 Å². The van der Waals surface area contributed by atoms with Crippen molar-refractivity contribution in [3.05, 3.63) is 65.2 Å². The average Bonchev–Trinajstić information content (AvgIpc) is 2.69. The summed E-state index contributed by atoms with van der Waals surface area (Å²) in [7, 11) is 1.78. The number of halogens is 1. The minimum absolute atomic E-state index is 0. The van der Waals surface area contributed by atoms with Crippen molar-refractivity contribution in [3.8, 4) is 5.75 Å². The first-order valence-electron chi connectivity index (χ1n) is 9.51. The molecular formula is C22H32IN3O2. The van der Waals surface area contributed by atoms with Crippen LogP contribution >= 0.6 is 24.0 Å². The summed E-state index contributed by atoms with van der Waals surface area (Å²) < 4.78 is 11.3. The molecule has 154 valence electrons. The number of nitrogens with one attached hydrogen (secondary N) is 2. The number of guanidine groups is 1. The molecule has 0 spiro atoms. The van der Waals surface area contributed by atoms with E-state index in [1.54, 1.807) is 7.05 Å². The maximum absolute atomic E-state index is 5.90. The van der Waals surface area contributed by atoms with Crippen LogP contribution in [0, 0.1) is 6.92 Å². The van der Waals surface area contributed by atoms with Crippen molar-refractivity contribution in [1.82, 2.24) is 10.6 Å². The Bertz CT molecular complexity index is 708. The Labute approximate surface area is 186 Å². The van der Waals surface area contributed by atoms with Crippen LogP contribution in [0.5, 0.6) is 5.75 Å². The minimum atomic E-state index is 0. The van der Waals surface area contributed by atoms with Gasteiger partial charge in [-0.2, -0.15) is 0 Å². The van der Waals surface area contributed by atoms with Crippen LogP contribution in [0.4, 0.5) is 0 Å². The van der Waals surface area contributed by atoms with Crippen molar-refractivity contribution in [3.63, 3.8) is 0 Å². The molecular weight excluding hydrogens is 465 g/mol. The third-order valence-electron chi connectivity index (χ3n) is 4.13. The Morgan fingerprint density at radius 3 is 2.54 bits per heavy atom. The summed E-state index contributed by atoms with van der Waals surface area (Å²) in [4.78, 5) is 4.30. The number of benzene rings is 2. The van der Waals surface area contributed by atoms with E-state index >= 15 is 0 Å². The van der Waals surface area contributed by atoms with Gasteiger partial charge in [-0.25, -0.2) is 0 Å². The minimum Gasteiger partial charge on any atom is -0.491 e. The van der Waals surface area contributed by atoms with Crippen LogP contribution in [-0.2, 0) is 17.7 Å². The molecule has 0 radical (unpaired) electrons. The maximum atomic E-state index is 5.90. The Kier molecular flexibility index (Phi) is 12.3. The van der Waals surface area contributed by atoms with E-state index in [-0.39, 0.29) is 24.0 Å². The smallest absolute Gasteiger partial charge is 0.191 e. The molecule has 0 aliphatic rings. The third kappa shape index (κ3) is 8.93. The summed E-state index contributed by atoms with van der Waals surface area (Å²) in [6, 6.07) is 16.7. The van der Waals surface area contributed by atoms with Crippen LogP contribution in [0.25, 0.3) is 0 Å². The van der Waals surface area contributed by atoms with E-state index in [9.17, 15) is 0 Å². The highest BCUT2D eigenvalue weighted by Crippen LogP contribution is 2.20. The summed E-state index contributed by atoms with van der Waals surface area (Å²) in [5.41, 5.74) is 3.59. The molecule has 0 fully saturated rings. The van der Waals surface area contributed by atoms with Gasteiger partial charge in [-0.3, -0.25) is 4.99 Å². The zero-order valence-corrected chi connectivity index (χ0v) is 19.4. The molecule has 2 aromatic carbocycles. The van der Waals surface area contributed by atoms with Gasteiger partial charge in [0.15, 0.2) is 5.96 Å². The lowest BCUT2D eigenvalue weighted by molar-refractivity contribution is 0.110. The predicted molar refractivity (Wildman–Crippen MR) is 127 cm³/mol. The van der Waals surface area contributed by atoms with Crippen molar-refractivity contribution in [2.24, 2.45) is 4.99 Å². The van der Waals surface area contributed by atoms with Gasteiger partial charge in [-0.1, -0.05) is 42.5 Å². The quantitative estimate of drug-likeness (QED) is 0.226. The first-order chi connectivity index (χ1) is 13.2. The van der Waals surface area contributed by atoms with Gasteiger partial charge < -0.3 is 20.1 Å². The summed E-state index contributed by atoms with van der Waals surface area (Å²) in [6.07, 6.45) is 0.956. The monoisotopic (exact) mass is 497 g/mol. The van der Waals surface area contributed by atoms with Gasteiger partial charge in [-0.05, 0) is 37.5 Å². The Morgan fingerprint density at radius 1 is 1.04 bits per heavy atom. The standard InChI is InChI=1S/C22H31N3O2.HI/c1-4-26-14-15-27-21-16-18(2)10-11-20(21)17-25-22(23-3)24-13-12-19-8-6-5-7-9-19;/h5-11,16H,4,12-15,17H2,1-3H3,(H2,23,24,25);1H. The van der Waals surface area contributed by atoms with E-state index in [1.807, 2.05) is 13.0 Å². The van der Waals surface area contributed by atoms with Crippen molar-refractivity contribution >= 4 is 29.9 Å². The predicted octanol–water partition coefficient (Wildman–Crippen LogP) is 3.94. The highest BCUT2D eigenvalue weighted by atomic mass is 127. The number of hydrogen-bond donors (Lipinski definition) is 2. The lowest BCUT2D eigenvalue weighted by Gasteiger charge is -2.15. The summed E-state index contributed by atoms with van der Waals surface area (Å²) in [5.74, 6) is 1.67. The second-order valence-corrected chi connectivity index (χ2v) is 6.24.